The van der Waals surface area contributed by atoms with Crippen LogP contribution in [0.25, 0.3) is 0 Å². The fourth-order valence-electron chi connectivity index (χ4n) is 0.644. The highest BCUT2D eigenvalue weighted by atomic mass is 28.3. The minimum atomic E-state index is -0.454. The summed E-state index contributed by atoms with van der Waals surface area (Å²) in [5.41, 5.74) is 2.36. The monoisotopic (exact) mass is 157 g/mol. The highest BCUT2D eigenvalue weighted by Gasteiger charge is 1.87. The largest absolute Gasteiger partial charge is 0.311 e. The van der Waals surface area contributed by atoms with Crippen molar-refractivity contribution in [3.05, 3.63) is 11.8 Å². The molecule has 1 nitrogen and oxygen atoms in total. The average Bonchev–Trinajstić information content (AvgIpc) is 1.79. The van der Waals surface area contributed by atoms with E-state index in [-0.39, 0.29) is 0 Å². The Morgan fingerprint density at radius 1 is 1.40 bits per heavy atom. The lowest BCUT2D eigenvalue weighted by Crippen LogP contribution is -2.22. The third kappa shape index (κ3) is 7.92. The van der Waals surface area contributed by atoms with Gasteiger partial charge in [0.25, 0.3) is 0 Å². The van der Waals surface area contributed by atoms with Crippen LogP contribution < -0.4 is 5.32 Å². The summed E-state index contributed by atoms with van der Waals surface area (Å²) in [4.78, 5) is 0. The van der Waals surface area contributed by atoms with Crippen LogP contribution in [0.2, 0.25) is 13.1 Å². The molecule has 10 heavy (non-hydrogen) atoms. The van der Waals surface area contributed by atoms with E-state index in [1.165, 1.54) is 0 Å². The van der Waals surface area contributed by atoms with Crippen LogP contribution >= 0.6 is 0 Å². The van der Waals surface area contributed by atoms with Crippen molar-refractivity contribution in [1.29, 1.82) is 0 Å². The first-order chi connectivity index (χ1) is 4.63. The van der Waals surface area contributed by atoms with E-state index >= 15 is 0 Å². The van der Waals surface area contributed by atoms with Crippen molar-refractivity contribution in [1.82, 2.24) is 5.32 Å². The van der Waals surface area contributed by atoms with Gasteiger partial charge in [-0.05, 0) is 0 Å². The molecule has 1 N–H and O–H groups in total. The molecule has 0 saturated carbocycles. The number of hydrogen-bond donors (Lipinski definition) is 1. The summed E-state index contributed by atoms with van der Waals surface area (Å²) in [5, 5.41) is 3.34. The maximum Gasteiger partial charge on any atom is 0.0550 e. The van der Waals surface area contributed by atoms with Crippen molar-refractivity contribution in [2.45, 2.75) is 33.0 Å². The quantitative estimate of drug-likeness (QED) is 0.611. The van der Waals surface area contributed by atoms with Gasteiger partial charge in [-0.25, -0.2) is 0 Å². The Bertz CT molecular complexity index is 97.4. The maximum absolute atomic E-state index is 3.34. The van der Waals surface area contributed by atoms with E-state index in [0.29, 0.717) is 6.04 Å². The molecule has 60 valence electrons. The lowest BCUT2D eigenvalue weighted by Gasteiger charge is -2.03. The normalized spacial score (nSPS) is 12.2. The van der Waals surface area contributed by atoms with Crippen LogP contribution in [-0.2, 0) is 0 Å². The van der Waals surface area contributed by atoms with E-state index < -0.39 is 8.80 Å². The standard InChI is InChI=1S/C8H19NSi/c1-8(2)9-6-5-7-10(3)4/h5,7-10H,6H2,1-4H3. The van der Waals surface area contributed by atoms with E-state index in [1.807, 2.05) is 0 Å². The maximum atomic E-state index is 3.34. The van der Waals surface area contributed by atoms with Crippen molar-refractivity contribution in [3.63, 3.8) is 0 Å². The minimum absolute atomic E-state index is 0.454. The molecule has 0 aromatic carbocycles. The van der Waals surface area contributed by atoms with E-state index in [4.69, 9.17) is 0 Å². The zero-order valence-corrected chi connectivity index (χ0v) is 8.67. The third-order valence-corrected chi connectivity index (χ3v) is 2.21. The van der Waals surface area contributed by atoms with Crippen LogP contribution in [0.4, 0.5) is 0 Å². The van der Waals surface area contributed by atoms with E-state index in [2.05, 4.69) is 44.0 Å². The fraction of sp³-hybridized carbons (Fsp3) is 0.750. The van der Waals surface area contributed by atoms with Crippen molar-refractivity contribution < 1.29 is 0 Å². The Hall–Kier alpha value is -0.0831. The average molecular weight is 157 g/mol. The van der Waals surface area contributed by atoms with Crippen LogP contribution in [0.1, 0.15) is 13.8 Å². The molecule has 0 aliphatic rings. The van der Waals surface area contributed by atoms with Crippen molar-refractivity contribution in [2.24, 2.45) is 0 Å². The molecule has 2 heteroatoms. The minimum Gasteiger partial charge on any atom is -0.311 e. The van der Waals surface area contributed by atoms with Gasteiger partial charge < -0.3 is 5.32 Å². The molecule has 0 aliphatic carbocycles. The second kappa shape index (κ2) is 5.68. The Kier molecular flexibility index (Phi) is 5.64. The molecule has 0 saturated heterocycles. The first-order valence-corrected chi connectivity index (χ1v) is 7.00. The fourth-order valence-corrected chi connectivity index (χ4v) is 1.32. The Balaban J connectivity index is 3.19. The van der Waals surface area contributed by atoms with Crippen LogP contribution in [0.5, 0.6) is 0 Å². The van der Waals surface area contributed by atoms with Gasteiger partial charge in [0, 0.05) is 12.6 Å². The Morgan fingerprint density at radius 2 is 2.00 bits per heavy atom. The van der Waals surface area contributed by atoms with E-state index in [0.717, 1.165) is 6.54 Å². The summed E-state index contributed by atoms with van der Waals surface area (Å²) in [6.45, 7) is 10.0. The predicted molar refractivity (Wildman–Crippen MR) is 51.2 cm³/mol. The van der Waals surface area contributed by atoms with Gasteiger partial charge in [0.05, 0.1) is 8.80 Å². The van der Waals surface area contributed by atoms with Crippen molar-refractivity contribution in [2.75, 3.05) is 6.54 Å². The molecule has 0 fully saturated rings. The number of hydrogen-bond acceptors (Lipinski definition) is 1. The molecule has 0 aliphatic heterocycles. The molecular formula is C8H19NSi. The summed E-state index contributed by atoms with van der Waals surface area (Å²) in [7, 11) is -0.454. The summed E-state index contributed by atoms with van der Waals surface area (Å²) in [6, 6.07) is 0.610. The number of rotatable bonds is 4. The molecule has 0 aromatic rings. The summed E-state index contributed by atoms with van der Waals surface area (Å²) in [6.07, 6.45) is 2.25. The van der Waals surface area contributed by atoms with Gasteiger partial charge in [0.2, 0.25) is 0 Å². The third-order valence-electron chi connectivity index (χ3n) is 1.16. The summed E-state index contributed by atoms with van der Waals surface area (Å²) < 4.78 is 0. The van der Waals surface area contributed by atoms with Crippen molar-refractivity contribution >= 4 is 8.80 Å². The molecule has 0 bridgehead atoms. The van der Waals surface area contributed by atoms with E-state index in [1.54, 1.807) is 0 Å². The topological polar surface area (TPSA) is 12.0 Å². The van der Waals surface area contributed by atoms with Gasteiger partial charge in [-0.1, -0.05) is 33.0 Å². The van der Waals surface area contributed by atoms with Gasteiger partial charge in [-0.2, -0.15) is 0 Å². The van der Waals surface area contributed by atoms with Crippen LogP contribution in [-0.4, -0.2) is 21.4 Å². The lowest BCUT2D eigenvalue weighted by atomic mass is 10.4. The molecule has 0 spiro atoms. The summed E-state index contributed by atoms with van der Waals surface area (Å²) in [5.74, 6) is 0. The Morgan fingerprint density at radius 3 is 2.40 bits per heavy atom. The smallest absolute Gasteiger partial charge is 0.0550 e. The molecule has 0 amide bonds. The van der Waals surface area contributed by atoms with Gasteiger partial charge >= 0.3 is 0 Å². The second-order valence-corrected chi connectivity index (χ2v) is 6.11. The molecule has 0 radical (unpaired) electrons. The molecule has 0 unspecified atom stereocenters. The van der Waals surface area contributed by atoms with Gasteiger partial charge in [0.15, 0.2) is 0 Å². The summed E-state index contributed by atoms with van der Waals surface area (Å²) >= 11 is 0. The Labute approximate surface area is 66.1 Å². The first kappa shape index (κ1) is 9.92. The highest BCUT2D eigenvalue weighted by Crippen LogP contribution is 1.82. The van der Waals surface area contributed by atoms with Gasteiger partial charge in [-0.15, -0.1) is 5.70 Å². The predicted octanol–water partition coefficient (Wildman–Crippen LogP) is 1.57. The highest BCUT2D eigenvalue weighted by molar-refractivity contribution is 6.61. The zero-order chi connectivity index (χ0) is 7.98. The van der Waals surface area contributed by atoms with Crippen LogP contribution in [0, 0.1) is 0 Å². The first-order valence-electron chi connectivity index (χ1n) is 4.03. The molecular weight excluding hydrogens is 138 g/mol. The van der Waals surface area contributed by atoms with Gasteiger partial charge in [0.1, 0.15) is 0 Å². The molecule has 0 aromatic heterocycles. The molecule has 0 heterocycles. The SMILES string of the molecule is CC(C)NCC=C[SiH](C)C. The zero-order valence-electron chi connectivity index (χ0n) is 7.52. The second-order valence-electron chi connectivity index (χ2n) is 3.24. The number of nitrogens with one attached hydrogen (secondary N) is 1. The lowest BCUT2D eigenvalue weighted by molar-refractivity contribution is 0.633. The van der Waals surface area contributed by atoms with Crippen molar-refractivity contribution in [3.8, 4) is 0 Å². The van der Waals surface area contributed by atoms with E-state index in [9.17, 15) is 0 Å². The van der Waals surface area contributed by atoms with Gasteiger partial charge in [-0.3, -0.25) is 0 Å². The van der Waals surface area contributed by atoms with Crippen LogP contribution in [0.15, 0.2) is 11.8 Å². The molecule has 0 rings (SSSR count). The van der Waals surface area contributed by atoms with Crippen LogP contribution in [0.3, 0.4) is 0 Å². The molecule has 0 atom stereocenters.